The van der Waals surface area contributed by atoms with E-state index in [0.29, 0.717) is 24.3 Å². The third-order valence-electron chi connectivity index (χ3n) is 6.88. The van der Waals surface area contributed by atoms with Gasteiger partial charge in [-0.2, -0.15) is 0 Å². The molecule has 1 heterocycles. The van der Waals surface area contributed by atoms with Gasteiger partial charge in [-0.3, -0.25) is 9.59 Å². The van der Waals surface area contributed by atoms with E-state index in [1.165, 1.54) is 16.7 Å². The van der Waals surface area contributed by atoms with Crippen LogP contribution in [-0.4, -0.2) is 68.8 Å². The molecule has 12 heteroatoms. The number of amides is 2. The molecule has 0 aromatic heterocycles. The molecule has 2 aromatic rings. The number of aliphatic carboxylic acids is 2. The molecule has 2 unspecified atom stereocenters. The molecule has 1 fully saturated rings. The molecular formula is C28H34ClN3O7S. The van der Waals surface area contributed by atoms with Crippen LogP contribution < -0.4 is 11.1 Å². The standard InChI is InChI=1S/C28H34ClN3O7S/c29-21-11-8-19(9-12-21)10-13-22(24(33)34)28(30,26(37)32-18-40-17-23(32)25(35)36)14-4-5-15-31-27(38)39-16-20-6-2-1-3-7-20/h1-3,6-9,11-12,22-23H,4-5,10,13-18,30H2,(H,31,38)(H,33,34)(H,35,36)/t22?,23?,28-/m1/s1. The van der Waals surface area contributed by atoms with Crippen LogP contribution >= 0.6 is 23.4 Å². The predicted octanol–water partition coefficient (Wildman–Crippen LogP) is 3.75. The second-order valence-corrected chi connectivity index (χ2v) is 11.1. The van der Waals surface area contributed by atoms with Gasteiger partial charge in [0.25, 0.3) is 0 Å². The van der Waals surface area contributed by atoms with Gasteiger partial charge in [0.2, 0.25) is 5.91 Å². The molecule has 5 N–H and O–H groups in total. The number of halogens is 1. The van der Waals surface area contributed by atoms with Gasteiger partial charge in [0, 0.05) is 17.3 Å². The zero-order valence-electron chi connectivity index (χ0n) is 22.0. The number of aryl methyl sites for hydroxylation is 1. The number of nitrogens with one attached hydrogen (secondary N) is 1. The Hall–Kier alpha value is -3.28. The lowest BCUT2D eigenvalue weighted by atomic mass is 9.76. The van der Waals surface area contributed by atoms with Crippen LogP contribution in [0.5, 0.6) is 0 Å². The summed E-state index contributed by atoms with van der Waals surface area (Å²) in [6, 6.07) is 15.1. The van der Waals surface area contributed by atoms with Crippen molar-refractivity contribution in [3.63, 3.8) is 0 Å². The van der Waals surface area contributed by atoms with Gasteiger partial charge in [-0.15, -0.1) is 11.8 Å². The number of benzene rings is 2. The number of nitrogens with two attached hydrogens (primary N) is 1. The van der Waals surface area contributed by atoms with Crippen LogP contribution in [-0.2, 0) is 32.1 Å². The summed E-state index contributed by atoms with van der Waals surface area (Å²) in [5.74, 6) is -4.02. The first kappa shape index (κ1) is 31.3. The fourth-order valence-electron chi connectivity index (χ4n) is 4.62. The Balaban J connectivity index is 1.65. The molecule has 0 aliphatic carbocycles. The Labute approximate surface area is 242 Å². The number of carboxylic acid groups (broad SMARTS) is 2. The zero-order valence-corrected chi connectivity index (χ0v) is 23.5. The lowest BCUT2D eigenvalue weighted by molar-refractivity contribution is -0.156. The molecule has 1 aliphatic rings. The number of ether oxygens (including phenoxy) is 1. The quantitative estimate of drug-likeness (QED) is 0.240. The van der Waals surface area contributed by atoms with E-state index >= 15 is 0 Å². The van der Waals surface area contributed by atoms with E-state index in [-0.39, 0.29) is 37.6 Å². The maximum atomic E-state index is 13.7. The van der Waals surface area contributed by atoms with E-state index in [2.05, 4.69) is 5.32 Å². The number of unbranched alkanes of at least 4 members (excludes halogenated alkanes) is 1. The SMILES string of the molecule is N[C@@](CCCCNC(=O)OCc1ccccc1)(C(=O)N1CSCC1C(=O)O)C(CCc1ccc(Cl)cc1)C(=O)O. The number of hydrogen-bond donors (Lipinski definition) is 4. The molecule has 216 valence electrons. The van der Waals surface area contributed by atoms with Crippen molar-refractivity contribution in [3.8, 4) is 0 Å². The topological polar surface area (TPSA) is 159 Å². The van der Waals surface area contributed by atoms with Gasteiger partial charge >= 0.3 is 18.0 Å². The summed E-state index contributed by atoms with van der Waals surface area (Å²) in [4.78, 5) is 51.2. The third kappa shape index (κ3) is 8.61. The van der Waals surface area contributed by atoms with Crippen LogP contribution in [0.1, 0.15) is 36.8 Å². The first-order valence-electron chi connectivity index (χ1n) is 12.9. The monoisotopic (exact) mass is 591 g/mol. The first-order valence-corrected chi connectivity index (χ1v) is 14.5. The normalized spacial score (nSPS) is 17.1. The van der Waals surface area contributed by atoms with E-state index in [1.807, 2.05) is 30.3 Å². The molecule has 0 radical (unpaired) electrons. The highest BCUT2D eigenvalue weighted by Crippen LogP contribution is 2.32. The minimum Gasteiger partial charge on any atom is -0.481 e. The lowest BCUT2D eigenvalue weighted by Crippen LogP contribution is -2.63. The van der Waals surface area contributed by atoms with Gasteiger partial charge in [0.15, 0.2) is 0 Å². The van der Waals surface area contributed by atoms with Crippen molar-refractivity contribution in [2.45, 2.75) is 50.3 Å². The number of alkyl carbamates (subject to hydrolysis) is 1. The molecule has 2 amide bonds. The highest BCUT2D eigenvalue weighted by molar-refractivity contribution is 7.99. The Kier molecular flexibility index (Phi) is 11.7. The number of thioether (sulfide) groups is 1. The molecule has 10 nitrogen and oxygen atoms in total. The second kappa shape index (κ2) is 14.9. The summed E-state index contributed by atoms with van der Waals surface area (Å²) in [6.45, 7) is 0.358. The Morgan fingerprint density at radius 1 is 1.07 bits per heavy atom. The average molecular weight is 592 g/mol. The molecule has 1 aliphatic heterocycles. The van der Waals surface area contributed by atoms with Gasteiger partial charge in [0.05, 0.1) is 11.8 Å². The molecule has 0 spiro atoms. The molecule has 0 saturated carbocycles. The van der Waals surface area contributed by atoms with E-state index < -0.39 is 41.4 Å². The number of carbonyl (C=O) groups is 4. The molecule has 40 heavy (non-hydrogen) atoms. The number of carboxylic acids is 2. The smallest absolute Gasteiger partial charge is 0.407 e. The maximum Gasteiger partial charge on any atom is 0.407 e. The number of hydrogen-bond acceptors (Lipinski definition) is 7. The van der Waals surface area contributed by atoms with E-state index in [9.17, 15) is 29.4 Å². The largest absolute Gasteiger partial charge is 0.481 e. The second-order valence-electron chi connectivity index (χ2n) is 9.67. The van der Waals surface area contributed by atoms with E-state index in [1.54, 1.807) is 24.3 Å². The van der Waals surface area contributed by atoms with Crippen molar-refractivity contribution in [2.75, 3.05) is 18.2 Å². The molecule has 0 bridgehead atoms. The minimum atomic E-state index is -1.84. The number of carbonyl (C=O) groups excluding carboxylic acids is 2. The Morgan fingerprint density at radius 2 is 1.77 bits per heavy atom. The number of nitrogens with zero attached hydrogens (tertiary/aromatic N) is 1. The Bertz CT molecular complexity index is 1170. The minimum absolute atomic E-state index is 0.00231. The van der Waals surface area contributed by atoms with E-state index in [4.69, 9.17) is 22.1 Å². The van der Waals surface area contributed by atoms with Gasteiger partial charge in [-0.25, -0.2) is 9.59 Å². The van der Waals surface area contributed by atoms with Crippen molar-refractivity contribution in [1.29, 1.82) is 0 Å². The van der Waals surface area contributed by atoms with Crippen LogP contribution in [0.25, 0.3) is 0 Å². The van der Waals surface area contributed by atoms with Crippen LogP contribution in [0, 0.1) is 5.92 Å². The van der Waals surface area contributed by atoms with Crippen LogP contribution in [0.2, 0.25) is 5.02 Å². The fraction of sp³-hybridized carbons (Fsp3) is 0.429. The van der Waals surface area contributed by atoms with Crippen molar-refractivity contribution in [2.24, 2.45) is 11.7 Å². The molecule has 3 rings (SSSR count). The summed E-state index contributed by atoms with van der Waals surface area (Å²) in [5, 5.41) is 23.0. The van der Waals surface area contributed by atoms with Gasteiger partial charge in [-0.05, 0) is 55.4 Å². The summed E-state index contributed by atoms with van der Waals surface area (Å²) < 4.78 is 5.19. The molecular weight excluding hydrogens is 558 g/mol. The third-order valence-corrected chi connectivity index (χ3v) is 8.14. The lowest BCUT2D eigenvalue weighted by Gasteiger charge is -2.38. The molecule has 1 saturated heterocycles. The van der Waals surface area contributed by atoms with Crippen molar-refractivity contribution < 1.29 is 34.1 Å². The van der Waals surface area contributed by atoms with Crippen LogP contribution in [0.15, 0.2) is 54.6 Å². The van der Waals surface area contributed by atoms with E-state index in [0.717, 1.165) is 11.1 Å². The van der Waals surface area contributed by atoms with Crippen LogP contribution in [0.4, 0.5) is 4.79 Å². The zero-order chi connectivity index (χ0) is 29.1. The highest BCUT2D eigenvalue weighted by Gasteiger charge is 2.50. The summed E-state index contributed by atoms with van der Waals surface area (Å²) in [6.07, 6.45) is 0.549. The fourth-order valence-corrected chi connectivity index (χ4v) is 5.89. The molecule has 3 atom stereocenters. The summed E-state index contributed by atoms with van der Waals surface area (Å²) >= 11 is 7.23. The highest BCUT2D eigenvalue weighted by atomic mass is 35.5. The van der Waals surface area contributed by atoms with Gasteiger partial charge < -0.3 is 30.9 Å². The first-order chi connectivity index (χ1) is 19.1. The Morgan fingerprint density at radius 3 is 2.42 bits per heavy atom. The summed E-state index contributed by atoms with van der Waals surface area (Å²) in [7, 11) is 0. The number of rotatable bonds is 14. The predicted molar refractivity (Wildman–Crippen MR) is 152 cm³/mol. The van der Waals surface area contributed by atoms with Crippen molar-refractivity contribution in [3.05, 3.63) is 70.7 Å². The van der Waals surface area contributed by atoms with Crippen molar-refractivity contribution in [1.82, 2.24) is 10.2 Å². The van der Waals surface area contributed by atoms with Crippen molar-refractivity contribution >= 4 is 47.3 Å². The summed E-state index contributed by atoms with van der Waals surface area (Å²) in [5.41, 5.74) is 6.51. The maximum absolute atomic E-state index is 13.7. The molecule has 2 aromatic carbocycles. The van der Waals surface area contributed by atoms with Crippen LogP contribution in [0.3, 0.4) is 0 Å². The van der Waals surface area contributed by atoms with Gasteiger partial charge in [0.1, 0.15) is 18.2 Å². The van der Waals surface area contributed by atoms with Gasteiger partial charge in [-0.1, -0.05) is 54.1 Å². The average Bonchev–Trinajstić information content (AvgIpc) is 3.43.